The number of benzene rings is 3. The van der Waals surface area contributed by atoms with Gasteiger partial charge in [-0.05, 0) is 30.5 Å². The minimum atomic E-state index is -0.946. The van der Waals surface area contributed by atoms with Crippen LogP contribution in [0.15, 0.2) is 60.7 Å². The third-order valence-corrected chi connectivity index (χ3v) is 7.13. The van der Waals surface area contributed by atoms with Gasteiger partial charge in [-0.1, -0.05) is 60.2 Å². The fraction of sp³-hybridized carbons (Fsp3) is 0.192. The first-order valence-electron chi connectivity index (χ1n) is 10.9. The van der Waals surface area contributed by atoms with Gasteiger partial charge >= 0.3 is 5.97 Å². The molecule has 2 N–H and O–H groups in total. The summed E-state index contributed by atoms with van der Waals surface area (Å²) in [5.41, 5.74) is 2.73. The number of nitrogens with zero attached hydrogens (tertiary/aromatic N) is 1. The Labute approximate surface area is 198 Å². The van der Waals surface area contributed by atoms with Crippen molar-refractivity contribution >= 4 is 44.1 Å². The Hall–Kier alpha value is -3.65. The molecule has 2 atom stereocenters. The van der Waals surface area contributed by atoms with Crippen LogP contribution in [0.5, 0.6) is 0 Å². The molecule has 0 bridgehead atoms. The second-order valence-corrected chi connectivity index (χ2v) is 9.38. The highest BCUT2D eigenvalue weighted by molar-refractivity contribution is 7.22. The lowest BCUT2D eigenvalue weighted by atomic mass is 9.87. The monoisotopic (exact) mass is 478 g/mol. The number of hydrogen-bond acceptors (Lipinski definition) is 5. The van der Waals surface area contributed by atoms with E-state index in [2.05, 4.69) is 10.3 Å². The van der Waals surface area contributed by atoms with Crippen LogP contribution in [-0.4, -0.2) is 21.8 Å². The molecule has 5 rings (SSSR count). The lowest BCUT2D eigenvalue weighted by molar-refractivity contribution is -0.142. The summed E-state index contributed by atoms with van der Waals surface area (Å²) in [4.78, 5) is 29.1. The standard InChI is InChI=1S/C26H20F2N2O3S/c27-16-12-20(28)23-22(13-16)34-26(30-23)29-21-11-15(9-10-17(21)14-5-2-1-3-6-14)24(31)18-7-4-8-19(18)25(32)33/h1-3,5-6,9-13,18-19H,4,7-8H2,(H,29,30)(H,32,33)/t18-,19-/m1/s1. The van der Waals surface area contributed by atoms with Crippen LogP contribution in [0.25, 0.3) is 21.3 Å². The molecule has 0 amide bonds. The predicted molar refractivity (Wildman–Crippen MR) is 127 cm³/mol. The SMILES string of the molecule is O=C(O)[C@@H]1CCC[C@H]1C(=O)c1ccc(-c2ccccc2)c(Nc2nc3c(F)cc(F)cc3s2)c1. The highest BCUT2D eigenvalue weighted by Gasteiger charge is 2.38. The Kier molecular flexibility index (Phi) is 5.83. The van der Waals surface area contributed by atoms with Crippen LogP contribution in [0.4, 0.5) is 19.6 Å². The maximum absolute atomic E-state index is 14.2. The molecule has 0 aliphatic heterocycles. The van der Waals surface area contributed by atoms with E-state index in [1.54, 1.807) is 12.1 Å². The first-order chi connectivity index (χ1) is 16.4. The van der Waals surface area contributed by atoms with Gasteiger partial charge in [-0.15, -0.1) is 0 Å². The summed E-state index contributed by atoms with van der Waals surface area (Å²) in [6.07, 6.45) is 1.74. The molecule has 172 valence electrons. The van der Waals surface area contributed by atoms with E-state index in [1.807, 2.05) is 36.4 Å². The molecule has 8 heteroatoms. The molecule has 0 radical (unpaired) electrons. The molecule has 1 aliphatic carbocycles. The topological polar surface area (TPSA) is 79.3 Å². The zero-order valence-electron chi connectivity index (χ0n) is 17.9. The number of carboxylic acids is 1. The number of rotatable bonds is 6. The molecule has 1 aromatic heterocycles. The fourth-order valence-electron chi connectivity index (χ4n) is 4.58. The zero-order chi connectivity index (χ0) is 23.8. The summed E-state index contributed by atoms with van der Waals surface area (Å²) in [6.45, 7) is 0. The number of nitrogens with one attached hydrogen (secondary N) is 1. The maximum Gasteiger partial charge on any atom is 0.307 e. The first kappa shape index (κ1) is 22.2. The van der Waals surface area contributed by atoms with E-state index in [4.69, 9.17) is 0 Å². The number of anilines is 2. The van der Waals surface area contributed by atoms with Crippen molar-refractivity contribution in [2.24, 2.45) is 11.8 Å². The molecule has 5 nitrogen and oxygen atoms in total. The van der Waals surface area contributed by atoms with Crippen LogP contribution < -0.4 is 5.32 Å². The number of fused-ring (bicyclic) bond motifs is 1. The molecule has 1 fully saturated rings. The maximum atomic E-state index is 14.2. The smallest absolute Gasteiger partial charge is 0.307 e. The van der Waals surface area contributed by atoms with Crippen LogP contribution in [0.2, 0.25) is 0 Å². The number of thiazole rings is 1. The minimum absolute atomic E-state index is 0.0673. The van der Waals surface area contributed by atoms with Gasteiger partial charge in [0.05, 0.1) is 10.6 Å². The summed E-state index contributed by atoms with van der Waals surface area (Å²) in [5, 5.41) is 13.0. The van der Waals surface area contributed by atoms with Crippen molar-refractivity contribution in [3.05, 3.63) is 77.9 Å². The van der Waals surface area contributed by atoms with E-state index in [-0.39, 0.29) is 11.3 Å². The molecule has 34 heavy (non-hydrogen) atoms. The number of carbonyl (C=O) groups excluding carboxylic acids is 1. The van der Waals surface area contributed by atoms with Crippen LogP contribution in [-0.2, 0) is 4.79 Å². The van der Waals surface area contributed by atoms with Gasteiger partial charge in [-0.2, -0.15) is 0 Å². The van der Waals surface area contributed by atoms with Gasteiger partial charge in [0.25, 0.3) is 0 Å². The normalized spacial score (nSPS) is 17.7. The Bertz CT molecular complexity index is 1400. The summed E-state index contributed by atoms with van der Waals surface area (Å²) in [6, 6.07) is 16.8. The van der Waals surface area contributed by atoms with Crippen molar-refractivity contribution in [3.8, 4) is 11.1 Å². The van der Waals surface area contributed by atoms with Gasteiger partial charge in [-0.3, -0.25) is 9.59 Å². The van der Waals surface area contributed by atoms with Gasteiger partial charge in [0, 0.05) is 28.8 Å². The quantitative estimate of drug-likeness (QED) is 0.303. The highest BCUT2D eigenvalue weighted by Crippen LogP contribution is 2.38. The zero-order valence-corrected chi connectivity index (χ0v) is 18.7. The van der Waals surface area contributed by atoms with Gasteiger partial charge in [0.15, 0.2) is 16.7 Å². The third kappa shape index (κ3) is 4.17. The summed E-state index contributed by atoms with van der Waals surface area (Å²) in [7, 11) is 0. The average Bonchev–Trinajstić information content (AvgIpc) is 3.46. The lowest BCUT2D eigenvalue weighted by Crippen LogP contribution is -2.25. The number of Topliss-reactive ketones (excluding diaryl/α,β-unsaturated/α-hetero) is 1. The van der Waals surface area contributed by atoms with Gasteiger partial charge in [0.2, 0.25) is 0 Å². The summed E-state index contributed by atoms with van der Waals surface area (Å²) < 4.78 is 28.2. The third-order valence-electron chi connectivity index (χ3n) is 6.21. The number of aliphatic carboxylic acids is 1. The van der Waals surface area contributed by atoms with Crippen molar-refractivity contribution in [2.75, 3.05) is 5.32 Å². The summed E-state index contributed by atoms with van der Waals surface area (Å²) >= 11 is 1.10. The van der Waals surface area contributed by atoms with E-state index in [0.717, 1.165) is 28.5 Å². The van der Waals surface area contributed by atoms with Crippen molar-refractivity contribution < 1.29 is 23.5 Å². The van der Waals surface area contributed by atoms with Crippen LogP contribution >= 0.6 is 11.3 Å². The van der Waals surface area contributed by atoms with Crippen molar-refractivity contribution in [3.63, 3.8) is 0 Å². The van der Waals surface area contributed by atoms with Gasteiger partial charge in [0.1, 0.15) is 11.3 Å². The van der Waals surface area contributed by atoms with E-state index in [9.17, 15) is 23.5 Å². The molecule has 4 aromatic rings. The van der Waals surface area contributed by atoms with Crippen LogP contribution in [0.3, 0.4) is 0 Å². The number of carboxylic acid groups (broad SMARTS) is 1. The molecule has 0 unspecified atom stereocenters. The van der Waals surface area contributed by atoms with Crippen LogP contribution in [0.1, 0.15) is 29.6 Å². The molecule has 0 saturated heterocycles. The largest absolute Gasteiger partial charge is 0.481 e. The molecule has 0 spiro atoms. The average molecular weight is 479 g/mol. The second-order valence-electron chi connectivity index (χ2n) is 8.35. The minimum Gasteiger partial charge on any atom is -0.481 e. The fourth-order valence-corrected chi connectivity index (χ4v) is 5.50. The number of aromatic nitrogens is 1. The molecule has 1 aliphatic rings. The predicted octanol–water partition coefficient (Wildman–Crippen LogP) is 6.67. The number of ketones is 1. The lowest BCUT2D eigenvalue weighted by Gasteiger charge is -2.17. The second kappa shape index (κ2) is 8.95. The van der Waals surface area contributed by atoms with E-state index in [1.165, 1.54) is 6.07 Å². The molecule has 3 aromatic carbocycles. The van der Waals surface area contributed by atoms with Crippen LogP contribution in [0, 0.1) is 23.5 Å². The Balaban J connectivity index is 1.56. The summed E-state index contributed by atoms with van der Waals surface area (Å²) in [5.74, 6) is -3.81. The Morgan fingerprint density at radius 3 is 2.53 bits per heavy atom. The van der Waals surface area contributed by atoms with Crippen molar-refractivity contribution in [1.82, 2.24) is 4.98 Å². The molecular formula is C26H20F2N2O3S. The van der Waals surface area contributed by atoms with E-state index < -0.39 is 29.4 Å². The van der Waals surface area contributed by atoms with Gasteiger partial charge < -0.3 is 10.4 Å². The highest BCUT2D eigenvalue weighted by atomic mass is 32.1. The number of hydrogen-bond donors (Lipinski definition) is 2. The van der Waals surface area contributed by atoms with Crippen molar-refractivity contribution in [2.45, 2.75) is 19.3 Å². The molecule has 1 heterocycles. The Morgan fingerprint density at radius 1 is 1.00 bits per heavy atom. The molecular weight excluding hydrogens is 458 g/mol. The number of carbonyl (C=O) groups is 2. The van der Waals surface area contributed by atoms with E-state index in [0.29, 0.717) is 40.3 Å². The molecule has 1 saturated carbocycles. The van der Waals surface area contributed by atoms with E-state index >= 15 is 0 Å². The van der Waals surface area contributed by atoms with Crippen molar-refractivity contribution in [1.29, 1.82) is 0 Å². The van der Waals surface area contributed by atoms with Gasteiger partial charge in [-0.25, -0.2) is 13.8 Å². The number of halogens is 2. The first-order valence-corrected chi connectivity index (χ1v) is 11.7. The Morgan fingerprint density at radius 2 is 1.76 bits per heavy atom.